The van der Waals surface area contributed by atoms with Crippen LogP contribution >= 0.6 is 0 Å². The average molecular weight is 251 g/mol. The van der Waals surface area contributed by atoms with Crippen LogP contribution in [0.3, 0.4) is 0 Å². The molecule has 4 heteroatoms. The van der Waals surface area contributed by atoms with E-state index in [1.54, 1.807) is 0 Å². The molecule has 0 aliphatic rings. The molecule has 1 amide bonds. The van der Waals surface area contributed by atoms with Gasteiger partial charge in [-0.25, -0.2) is 0 Å². The number of hydrogen-bond acceptors (Lipinski definition) is 3. The first-order valence-electron chi connectivity index (χ1n) is 6.29. The molecule has 0 saturated carbocycles. The summed E-state index contributed by atoms with van der Waals surface area (Å²) in [7, 11) is 0. The highest BCUT2D eigenvalue weighted by Gasteiger charge is 2.08. The van der Waals surface area contributed by atoms with Gasteiger partial charge in [-0.3, -0.25) is 4.79 Å². The largest absolute Gasteiger partial charge is 0.490 e. The van der Waals surface area contributed by atoms with E-state index in [-0.39, 0.29) is 6.04 Å². The first-order valence-corrected chi connectivity index (χ1v) is 6.29. The van der Waals surface area contributed by atoms with E-state index in [2.05, 4.69) is 5.32 Å². The van der Waals surface area contributed by atoms with Crippen LogP contribution < -0.4 is 14.8 Å². The Morgan fingerprint density at radius 3 is 2.50 bits per heavy atom. The zero-order chi connectivity index (χ0) is 13.4. The highest BCUT2D eigenvalue weighted by atomic mass is 16.5. The molecule has 0 radical (unpaired) electrons. The quantitative estimate of drug-likeness (QED) is 0.720. The van der Waals surface area contributed by atoms with Crippen LogP contribution in [0, 0.1) is 0 Å². The lowest BCUT2D eigenvalue weighted by Gasteiger charge is -2.14. The molecule has 0 aromatic heterocycles. The van der Waals surface area contributed by atoms with Crippen molar-refractivity contribution in [2.45, 2.75) is 33.2 Å². The second kappa shape index (κ2) is 7.58. The van der Waals surface area contributed by atoms with Crippen molar-refractivity contribution in [1.29, 1.82) is 0 Å². The second-order valence-corrected chi connectivity index (χ2v) is 4.04. The Morgan fingerprint density at radius 1 is 1.22 bits per heavy atom. The minimum Gasteiger partial charge on any atom is -0.490 e. The molecule has 1 N–H and O–H groups in total. The van der Waals surface area contributed by atoms with Crippen LogP contribution in [0.4, 0.5) is 0 Å². The van der Waals surface area contributed by atoms with E-state index in [4.69, 9.17) is 9.47 Å². The topological polar surface area (TPSA) is 47.6 Å². The van der Waals surface area contributed by atoms with Crippen molar-refractivity contribution < 1.29 is 14.3 Å². The third-order valence-corrected chi connectivity index (χ3v) is 2.50. The molecule has 0 bridgehead atoms. The number of rotatable bonds is 8. The van der Waals surface area contributed by atoms with Crippen molar-refractivity contribution in [3.05, 3.63) is 23.8 Å². The first-order chi connectivity index (χ1) is 8.71. The molecule has 0 unspecified atom stereocenters. The summed E-state index contributed by atoms with van der Waals surface area (Å²) in [6.45, 7) is 7.07. The fourth-order valence-electron chi connectivity index (χ4n) is 1.75. The lowest BCUT2D eigenvalue weighted by Crippen LogP contribution is -2.26. The van der Waals surface area contributed by atoms with Gasteiger partial charge in [-0.2, -0.15) is 0 Å². The van der Waals surface area contributed by atoms with Gasteiger partial charge in [-0.1, -0.05) is 6.07 Å². The molecule has 4 nitrogen and oxygen atoms in total. The van der Waals surface area contributed by atoms with Crippen molar-refractivity contribution in [1.82, 2.24) is 5.32 Å². The van der Waals surface area contributed by atoms with Crippen LogP contribution in [0.25, 0.3) is 0 Å². The Morgan fingerprint density at radius 2 is 1.89 bits per heavy atom. The van der Waals surface area contributed by atoms with Crippen molar-refractivity contribution in [2.24, 2.45) is 0 Å². The monoisotopic (exact) mass is 251 g/mol. The standard InChI is InChI=1S/C14H21NO3/c1-4-17-13-7-6-12(8-11(3)15-10-16)9-14(13)18-5-2/h6-7,9-11H,4-5,8H2,1-3H3,(H,15,16)/t11-/m0/s1. The second-order valence-electron chi connectivity index (χ2n) is 4.04. The molecule has 0 heterocycles. The van der Waals surface area contributed by atoms with Crippen LogP contribution in [-0.2, 0) is 11.2 Å². The molecule has 1 aromatic carbocycles. The molecular formula is C14H21NO3. The smallest absolute Gasteiger partial charge is 0.207 e. The molecule has 0 saturated heterocycles. The van der Waals surface area contributed by atoms with E-state index in [1.165, 1.54) is 0 Å². The number of carbonyl (C=O) groups is 1. The molecule has 100 valence electrons. The predicted octanol–water partition coefficient (Wildman–Crippen LogP) is 2.16. The first kappa shape index (κ1) is 14.4. The van der Waals surface area contributed by atoms with Gasteiger partial charge in [0.1, 0.15) is 0 Å². The number of nitrogens with one attached hydrogen (secondary N) is 1. The predicted molar refractivity (Wildman–Crippen MR) is 71.1 cm³/mol. The molecule has 0 fully saturated rings. The van der Waals surface area contributed by atoms with E-state index in [0.29, 0.717) is 13.2 Å². The maximum atomic E-state index is 10.4. The van der Waals surface area contributed by atoms with E-state index in [9.17, 15) is 4.79 Å². The van der Waals surface area contributed by atoms with Crippen molar-refractivity contribution >= 4 is 6.41 Å². The molecule has 1 rings (SSSR count). The van der Waals surface area contributed by atoms with Crippen molar-refractivity contribution in [3.8, 4) is 11.5 Å². The number of carbonyl (C=O) groups excluding carboxylic acids is 1. The Balaban J connectivity index is 2.81. The highest BCUT2D eigenvalue weighted by molar-refractivity contribution is 5.47. The van der Waals surface area contributed by atoms with Gasteiger partial charge in [0, 0.05) is 6.04 Å². The molecule has 0 spiro atoms. The zero-order valence-corrected chi connectivity index (χ0v) is 11.2. The lowest BCUT2D eigenvalue weighted by atomic mass is 10.1. The van der Waals surface area contributed by atoms with Gasteiger partial charge < -0.3 is 14.8 Å². The van der Waals surface area contributed by atoms with Gasteiger partial charge in [0.2, 0.25) is 6.41 Å². The van der Waals surface area contributed by atoms with Gasteiger partial charge in [-0.15, -0.1) is 0 Å². The maximum Gasteiger partial charge on any atom is 0.207 e. The van der Waals surface area contributed by atoms with E-state index in [1.807, 2.05) is 39.0 Å². The van der Waals surface area contributed by atoms with Gasteiger partial charge in [-0.05, 0) is 44.9 Å². The van der Waals surface area contributed by atoms with Crippen LogP contribution in [0.15, 0.2) is 18.2 Å². The summed E-state index contributed by atoms with van der Waals surface area (Å²) in [5.74, 6) is 1.52. The van der Waals surface area contributed by atoms with E-state index in [0.717, 1.165) is 29.9 Å². The number of hydrogen-bond donors (Lipinski definition) is 1. The summed E-state index contributed by atoms with van der Waals surface area (Å²) in [5.41, 5.74) is 1.11. The fraction of sp³-hybridized carbons (Fsp3) is 0.500. The Hall–Kier alpha value is -1.71. The molecular weight excluding hydrogens is 230 g/mol. The van der Waals surface area contributed by atoms with Crippen LogP contribution in [0.2, 0.25) is 0 Å². The molecule has 18 heavy (non-hydrogen) atoms. The van der Waals surface area contributed by atoms with Gasteiger partial charge >= 0.3 is 0 Å². The third kappa shape index (κ3) is 4.28. The zero-order valence-electron chi connectivity index (χ0n) is 11.2. The van der Waals surface area contributed by atoms with Crippen LogP contribution in [0.1, 0.15) is 26.3 Å². The molecule has 0 aliphatic heterocycles. The Kier molecular flexibility index (Phi) is 6.05. The van der Waals surface area contributed by atoms with Crippen LogP contribution in [0.5, 0.6) is 11.5 Å². The Bertz CT molecular complexity index is 379. The van der Waals surface area contributed by atoms with E-state index >= 15 is 0 Å². The molecule has 1 aromatic rings. The summed E-state index contributed by atoms with van der Waals surface area (Å²) < 4.78 is 11.1. The summed E-state index contributed by atoms with van der Waals surface area (Å²) in [4.78, 5) is 10.4. The highest BCUT2D eigenvalue weighted by Crippen LogP contribution is 2.28. The summed E-state index contributed by atoms with van der Waals surface area (Å²) in [5, 5.41) is 2.73. The fourth-order valence-corrected chi connectivity index (χ4v) is 1.75. The third-order valence-electron chi connectivity index (χ3n) is 2.50. The molecule has 0 aliphatic carbocycles. The van der Waals surface area contributed by atoms with Gasteiger partial charge in [0.05, 0.1) is 13.2 Å². The minimum absolute atomic E-state index is 0.106. The lowest BCUT2D eigenvalue weighted by molar-refractivity contribution is -0.110. The number of benzene rings is 1. The van der Waals surface area contributed by atoms with Crippen molar-refractivity contribution in [3.63, 3.8) is 0 Å². The van der Waals surface area contributed by atoms with Crippen molar-refractivity contribution in [2.75, 3.05) is 13.2 Å². The van der Waals surface area contributed by atoms with Gasteiger partial charge in [0.15, 0.2) is 11.5 Å². The summed E-state index contributed by atoms with van der Waals surface area (Å²) in [6, 6.07) is 5.99. The van der Waals surface area contributed by atoms with E-state index < -0.39 is 0 Å². The normalized spacial score (nSPS) is 11.7. The SMILES string of the molecule is CCOc1ccc(C[C@H](C)NC=O)cc1OCC. The number of ether oxygens (including phenoxy) is 2. The minimum atomic E-state index is 0.106. The van der Waals surface area contributed by atoms with Crippen LogP contribution in [-0.4, -0.2) is 25.7 Å². The maximum absolute atomic E-state index is 10.4. The number of amides is 1. The Labute approximate surface area is 108 Å². The average Bonchev–Trinajstić information content (AvgIpc) is 2.33. The summed E-state index contributed by atoms with van der Waals surface area (Å²) in [6.07, 6.45) is 1.49. The summed E-state index contributed by atoms with van der Waals surface area (Å²) >= 11 is 0. The molecule has 1 atom stereocenters. The van der Waals surface area contributed by atoms with Gasteiger partial charge in [0.25, 0.3) is 0 Å².